The summed E-state index contributed by atoms with van der Waals surface area (Å²) in [6.07, 6.45) is 0. The minimum Gasteiger partial charge on any atom is -0.507 e. The summed E-state index contributed by atoms with van der Waals surface area (Å²) in [5, 5.41) is 34.3. The van der Waals surface area contributed by atoms with Crippen molar-refractivity contribution in [3.8, 4) is 40.0 Å². The van der Waals surface area contributed by atoms with E-state index in [1.807, 2.05) is 0 Å². The summed E-state index contributed by atoms with van der Waals surface area (Å²) in [6.45, 7) is 0. The molecule has 0 aliphatic carbocycles. The number of aromatic hydroxyl groups is 2. The summed E-state index contributed by atoms with van der Waals surface area (Å²) >= 11 is 0. The summed E-state index contributed by atoms with van der Waals surface area (Å²) in [5.41, 5.74) is 0.328. The number of nitrogens with zero attached hydrogens (tertiary/aromatic N) is 3. The van der Waals surface area contributed by atoms with Gasteiger partial charge in [-0.3, -0.25) is 0 Å². The molecule has 138 valence electrons. The minimum atomic E-state index is -1.12. The largest absolute Gasteiger partial charge is 0.507 e. The summed E-state index contributed by atoms with van der Waals surface area (Å²) in [4.78, 5) is 15.5. The van der Waals surface area contributed by atoms with Crippen molar-refractivity contribution in [2.75, 3.05) is 0 Å². The zero-order valence-corrected chi connectivity index (χ0v) is 14.2. The first-order valence-corrected chi connectivity index (χ1v) is 8.09. The summed E-state index contributed by atoms with van der Waals surface area (Å²) in [5.74, 6) is -2.03. The maximum Gasteiger partial charge on any atom is 0.335 e. The number of aromatic nitrogens is 3. The van der Waals surface area contributed by atoms with Crippen LogP contribution in [0.1, 0.15) is 15.8 Å². The monoisotopic (exact) mass is 377 g/mol. The molecule has 0 atom stereocenters. The molecule has 0 aliphatic rings. The molecule has 0 spiro atoms. The third-order valence-electron chi connectivity index (χ3n) is 4.00. The van der Waals surface area contributed by atoms with E-state index in [1.165, 1.54) is 35.0 Å². The predicted molar refractivity (Wildman–Crippen MR) is 103 cm³/mol. The highest BCUT2D eigenvalue weighted by Gasteiger charge is 2.19. The molecule has 1 heterocycles. The fraction of sp³-hybridized carbons (Fsp3) is 0. The summed E-state index contributed by atoms with van der Waals surface area (Å²) in [6, 6.07) is 9.49. The number of para-hydroxylation sites is 2. The number of carbonyl (C=O) groups is 1. The average Bonchev–Trinajstić information content (AvgIpc) is 3.21. The highest BCUT2D eigenvalue weighted by atomic mass is 16.4. The second kappa shape index (κ2) is 6.88. The number of phenols is 2. The van der Waals surface area contributed by atoms with Crippen LogP contribution in [0, 0.1) is 0 Å². The lowest BCUT2D eigenvalue weighted by atomic mass is 10.1. The molecule has 0 aliphatic heterocycles. The molecule has 1 aromatic heterocycles. The lowest BCUT2D eigenvalue weighted by Gasteiger charge is -2.07. The Balaban J connectivity index is 2.02. The molecule has 4 rings (SSSR count). The highest BCUT2D eigenvalue weighted by molar-refractivity contribution is 5.87. The van der Waals surface area contributed by atoms with Gasteiger partial charge < -0.3 is 15.3 Å². The van der Waals surface area contributed by atoms with E-state index >= 15 is 0 Å². The molecule has 4 aromatic rings. The lowest BCUT2D eigenvalue weighted by molar-refractivity contribution is 0.0697. The van der Waals surface area contributed by atoms with Gasteiger partial charge in [-0.05, 0) is 48.5 Å². The van der Waals surface area contributed by atoms with Gasteiger partial charge in [0.1, 0.15) is 11.5 Å². The Bertz CT molecular complexity index is 1340. The number of rotatable bonds is 4. The molecule has 0 amide bonds. The quantitative estimate of drug-likeness (QED) is 0.500. The maximum absolute atomic E-state index is 11.2. The Kier molecular flexibility index (Phi) is 3.22. The molecule has 3 aromatic carbocycles. The van der Waals surface area contributed by atoms with Crippen molar-refractivity contribution in [2.24, 2.45) is 0 Å². The first-order valence-electron chi connectivity index (χ1n) is 10.1. The van der Waals surface area contributed by atoms with Gasteiger partial charge >= 0.3 is 5.97 Å². The van der Waals surface area contributed by atoms with Crippen LogP contribution in [0.5, 0.6) is 11.5 Å². The Morgan fingerprint density at radius 3 is 2.36 bits per heavy atom. The molecule has 0 bridgehead atoms. The molecule has 0 fully saturated rings. The van der Waals surface area contributed by atoms with E-state index in [2.05, 4.69) is 10.1 Å². The van der Waals surface area contributed by atoms with Gasteiger partial charge in [0.2, 0.25) is 0 Å². The molecule has 0 radical (unpaired) electrons. The first kappa shape index (κ1) is 13.1. The normalized spacial score (nSPS) is 12.7. The Morgan fingerprint density at radius 1 is 0.929 bits per heavy atom. The zero-order valence-electron chi connectivity index (χ0n) is 18.2. The number of carboxylic acids is 1. The van der Waals surface area contributed by atoms with Crippen LogP contribution in [0.2, 0.25) is 0 Å². The van der Waals surface area contributed by atoms with E-state index in [0.717, 1.165) is 0 Å². The van der Waals surface area contributed by atoms with Gasteiger partial charge in [0.05, 0.1) is 27.9 Å². The highest BCUT2D eigenvalue weighted by Crippen LogP contribution is 2.33. The van der Waals surface area contributed by atoms with E-state index in [1.54, 1.807) is 18.2 Å². The van der Waals surface area contributed by atoms with Gasteiger partial charge in [0.15, 0.2) is 11.6 Å². The standard InChI is InChI=1S/C21H15N3O4/c25-17-7-3-1-5-15(17)19-22-20(16-6-2-4-8-18(16)26)24(23-19)14-11-9-13(10-12-14)21(27)28/h1-12,25-26H,(H,27,28)/i2D,4D,6D,8D. The molecule has 7 nitrogen and oxygen atoms in total. The van der Waals surface area contributed by atoms with Crippen LogP contribution in [0.4, 0.5) is 0 Å². The van der Waals surface area contributed by atoms with Crippen molar-refractivity contribution >= 4 is 5.97 Å². The smallest absolute Gasteiger partial charge is 0.335 e. The number of carboxylic acid groups (broad SMARTS) is 1. The minimum absolute atomic E-state index is 0.0285. The van der Waals surface area contributed by atoms with E-state index in [4.69, 9.17) is 10.6 Å². The van der Waals surface area contributed by atoms with Crippen LogP contribution in [-0.4, -0.2) is 36.1 Å². The van der Waals surface area contributed by atoms with Crippen molar-refractivity contribution in [3.63, 3.8) is 0 Å². The van der Waals surface area contributed by atoms with E-state index in [0.29, 0.717) is 5.69 Å². The van der Waals surface area contributed by atoms with Crippen molar-refractivity contribution in [1.29, 1.82) is 0 Å². The van der Waals surface area contributed by atoms with Crippen molar-refractivity contribution < 1.29 is 25.6 Å². The predicted octanol–water partition coefficient (Wildman–Crippen LogP) is 3.71. The number of phenolic OH excluding ortho intramolecular Hbond substituents is 2. The molecular weight excluding hydrogens is 358 g/mol. The van der Waals surface area contributed by atoms with Crippen LogP contribution < -0.4 is 0 Å². The van der Waals surface area contributed by atoms with E-state index < -0.39 is 35.9 Å². The number of hydrogen-bond acceptors (Lipinski definition) is 5. The van der Waals surface area contributed by atoms with Crippen LogP contribution in [0.3, 0.4) is 0 Å². The van der Waals surface area contributed by atoms with Gasteiger partial charge in [-0.1, -0.05) is 24.2 Å². The average molecular weight is 377 g/mol. The number of benzene rings is 3. The zero-order chi connectivity index (χ0) is 23.2. The Hall–Kier alpha value is -4.13. The van der Waals surface area contributed by atoms with Gasteiger partial charge in [0, 0.05) is 0 Å². The van der Waals surface area contributed by atoms with Crippen molar-refractivity contribution in [3.05, 3.63) is 78.3 Å². The number of aromatic carboxylic acids is 1. The van der Waals surface area contributed by atoms with Gasteiger partial charge in [-0.25, -0.2) is 14.5 Å². The summed E-state index contributed by atoms with van der Waals surface area (Å²) < 4.78 is 33.1. The first-order chi connectivity index (χ1) is 15.2. The Labute approximate surface area is 165 Å². The molecule has 3 N–H and O–H groups in total. The molecule has 0 unspecified atom stereocenters. The van der Waals surface area contributed by atoms with E-state index in [-0.39, 0.29) is 34.1 Å². The van der Waals surface area contributed by atoms with Crippen LogP contribution in [0.25, 0.3) is 28.5 Å². The number of hydrogen-bond donors (Lipinski definition) is 3. The van der Waals surface area contributed by atoms with Gasteiger partial charge in [-0.15, -0.1) is 5.10 Å². The maximum atomic E-state index is 11.2. The van der Waals surface area contributed by atoms with Crippen LogP contribution >= 0.6 is 0 Å². The fourth-order valence-corrected chi connectivity index (χ4v) is 2.64. The third kappa shape index (κ3) is 3.05. The lowest BCUT2D eigenvalue weighted by Crippen LogP contribution is -2.02. The molecule has 7 heteroatoms. The van der Waals surface area contributed by atoms with E-state index in [9.17, 15) is 15.0 Å². The van der Waals surface area contributed by atoms with Crippen molar-refractivity contribution in [2.45, 2.75) is 0 Å². The second-order valence-electron chi connectivity index (χ2n) is 5.76. The SMILES string of the molecule is [2H]c1c([2H])c([2H])c(-c2nc(-c3ccccc3O)nn2-c2ccc(C(=O)O)cc2)c(O)c1[2H]. The molecule has 28 heavy (non-hydrogen) atoms. The van der Waals surface area contributed by atoms with Crippen molar-refractivity contribution in [1.82, 2.24) is 14.8 Å². The second-order valence-corrected chi connectivity index (χ2v) is 5.76. The Morgan fingerprint density at radius 2 is 1.64 bits per heavy atom. The third-order valence-corrected chi connectivity index (χ3v) is 4.00. The van der Waals surface area contributed by atoms with Gasteiger partial charge in [0.25, 0.3) is 0 Å². The molecule has 0 saturated heterocycles. The summed E-state index contributed by atoms with van der Waals surface area (Å²) in [7, 11) is 0. The van der Waals surface area contributed by atoms with Crippen LogP contribution in [0.15, 0.2) is 72.7 Å². The van der Waals surface area contributed by atoms with Gasteiger partial charge in [-0.2, -0.15) is 0 Å². The molecular formula is C21H15N3O4. The van der Waals surface area contributed by atoms with Crippen LogP contribution in [-0.2, 0) is 0 Å². The molecule has 0 saturated carbocycles. The topological polar surface area (TPSA) is 108 Å². The fourth-order valence-electron chi connectivity index (χ4n) is 2.64.